The Morgan fingerprint density at radius 1 is 0.407 bits per heavy atom. The molecule has 9 aromatic carbocycles. The number of anilines is 3. The Morgan fingerprint density at radius 2 is 0.981 bits per heavy atom. The second-order valence-corrected chi connectivity index (χ2v) is 14.9. The first kappa shape index (κ1) is 29.7. The van der Waals surface area contributed by atoms with E-state index < -0.39 is 0 Å². The Kier molecular flexibility index (Phi) is 5.94. The van der Waals surface area contributed by atoms with Gasteiger partial charge in [0.15, 0.2) is 0 Å². The van der Waals surface area contributed by atoms with Crippen molar-refractivity contribution in [3.05, 3.63) is 210 Å². The van der Waals surface area contributed by atoms with Crippen LogP contribution in [0.2, 0.25) is 0 Å². The van der Waals surface area contributed by atoms with Crippen molar-refractivity contribution in [2.75, 3.05) is 4.90 Å². The molecule has 0 N–H and O–H groups in total. The molecule has 1 spiro atoms. The van der Waals surface area contributed by atoms with E-state index >= 15 is 0 Å². The van der Waals surface area contributed by atoms with Crippen molar-refractivity contribution in [1.29, 1.82) is 0 Å². The number of rotatable bonds is 5. The van der Waals surface area contributed by atoms with Gasteiger partial charge in [-0.3, -0.25) is 0 Å². The van der Waals surface area contributed by atoms with Gasteiger partial charge in [0, 0.05) is 27.5 Å². The quantitative estimate of drug-likeness (QED) is 0.179. The van der Waals surface area contributed by atoms with Crippen molar-refractivity contribution >= 4 is 60.5 Å². The first-order valence-electron chi connectivity index (χ1n) is 18.8. The van der Waals surface area contributed by atoms with Crippen LogP contribution in [0.15, 0.2) is 186 Å². The lowest BCUT2D eigenvalue weighted by Gasteiger charge is -2.52. The number of nitrogens with zero attached hydrogens (tertiary/aromatic N) is 1. The lowest BCUT2D eigenvalue weighted by atomic mass is 9.49. The third-order valence-corrected chi connectivity index (χ3v) is 12.1. The summed E-state index contributed by atoms with van der Waals surface area (Å²) in [5.74, 6) is 0. The van der Waals surface area contributed by atoms with Crippen molar-refractivity contribution in [2.45, 2.75) is 12.3 Å². The molecular formula is C52H33NO. The fourth-order valence-electron chi connectivity index (χ4n) is 9.69. The van der Waals surface area contributed by atoms with Crippen molar-refractivity contribution < 1.29 is 4.42 Å². The van der Waals surface area contributed by atoms with Crippen molar-refractivity contribution in [1.82, 2.24) is 0 Å². The van der Waals surface area contributed by atoms with E-state index in [9.17, 15) is 0 Å². The molecule has 2 aliphatic rings. The summed E-state index contributed by atoms with van der Waals surface area (Å²) < 4.78 is 6.13. The summed E-state index contributed by atoms with van der Waals surface area (Å²) in [4.78, 5) is 2.43. The van der Waals surface area contributed by atoms with Crippen LogP contribution in [-0.4, -0.2) is 0 Å². The predicted octanol–water partition coefficient (Wildman–Crippen LogP) is 14.0. The fourth-order valence-corrected chi connectivity index (χ4v) is 9.69. The Balaban J connectivity index is 0.997. The highest BCUT2D eigenvalue weighted by Gasteiger charge is 2.54. The molecule has 12 rings (SSSR count). The highest BCUT2D eigenvalue weighted by atomic mass is 16.3. The van der Waals surface area contributed by atoms with E-state index in [0.717, 1.165) is 33.3 Å². The Morgan fingerprint density at radius 3 is 1.70 bits per heavy atom. The molecule has 252 valence electrons. The average molecular weight is 688 g/mol. The van der Waals surface area contributed by atoms with Crippen LogP contribution in [0.4, 0.5) is 17.1 Å². The summed E-state index contributed by atoms with van der Waals surface area (Å²) in [5, 5.41) is 7.68. The second-order valence-electron chi connectivity index (χ2n) is 14.9. The Labute approximate surface area is 313 Å². The van der Waals surface area contributed by atoms with Gasteiger partial charge in [0.1, 0.15) is 11.2 Å². The van der Waals surface area contributed by atoms with Gasteiger partial charge in [0.25, 0.3) is 0 Å². The molecule has 0 unspecified atom stereocenters. The van der Waals surface area contributed by atoms with Crippen LogP contribution in [0, 0.1) is 6.92 Å². The molecule has 10 aromatic rings. The minimum Gasteiger partial charge on any atom is -0.456 e. The minimum absolute atomic E-state index is 0.146. The van der Waals surface area contributed by atoms with Gasteiger partial charge in [-0.2, -0.15) is 0 Å². The van der Waals surface area contributed by atoms with Gasteiger partial charge in [-0.05, 0) is 116 Å². The molecule has 54 heavy (non-hydrogen) atoms. The van der Waals surface area contributed by atoms with E-state index in [-0.39, 0.29) is 5.41 Å². The maximum Gasteiger partial charge on any atom is 0.135 e. The van der Waals surface area contributed by atoms with Gasteiger partial charge in [0.2, 0.25) is 0 Å². The maximum atomic E-state index is 6.13. The molecule has 0 radical (unpaired) electrons. The summed E-state index contributed by atoms with van der Waals surface area (Å²) in [6.07, 6.45) is 0. The third kappa shape index (κ3) is 3.89. The average Bonchev–Trinajstić information content (AvgIpc) is 3.59. The third-order valence-electron chi connectivity index (χ3n) is 12.1. The lowest BCUT2D eigenvalue weighted by molar-refractivity contribution is 0.669. The molecule has 0 aliphatic heterocycles. The standard InChI is InChI=1S/C52H33NO/c1-32-8-4-11-36(30-32)33-18-23-38(24-19-33)53(39-25-20-34(21-26-39)37-22-29-49-42(31-37)40-12-2-3-17-48(40)54-49)47-28-27-46-51-41(47)13-7-16-45(51)52(46)43-14-5-9-35-10-6-15-44(52)50(35)43/h2-31H,1H3. The Hall–Kier alpha value is -6.90. The van der Waals surface area contributed by atoms with E-state index in [1.165, 1.54) is 77.3 Å². The number of para-hydroxylation sites is 1. The van der Waals surface area contributed by atoms with Gasteiger partial charge in [-0.15, -0.1) is 0 Å². The molecule has 0 atom stereocenters. The van der Waals surface area contributed by atoms with E-state index in [0.29, 0.717) is 0 Å². The number of hydrogen-bond acceptors (Lipinski definition) is 2. The van der Waals surface area contributed by atoms with Gasteiger partial charge < -0.3 is 9.32 Å². The number of fused-ring (bicyclic) bond motifs is 7. The molecule has 1 heterocycles. The van der Waals surface area contributed by atoms with Crippen LogP contribution in [0.25, 0.3) is 65.7 Å². The highest BCUT2D eigenvalue weighted by Crippen LogP contribution is 2.65. The molecule has 2 aliphatic carbocycles. The molecular weight excluding hydrogens is 655 g/mol. The molecule has 2 heteroatoms. The van der Waals surface area contributed by atoms with E-state index in [4.69, 9.17) is 4.42 Å². The SMILES string of the molecule is Cc1cccc(-c2ccc(N(c3ccc(-c4ccc5oc6ccccc6c5c4)cc3)c3ccc4c5c(cccc35)C43c4cccc5cccc3c45)cc2)c1. The molecule has 2 nitrogen and oxygen atoms in total. The van der Waals surface area contributed by atoms with Gasteiger partial charge in [-0.25, -0.2) is 0 Å². The minimum atomic E-state index is -0.146. The van der Waals surface area contributed by atoms with Gasteiger partial charge >= 0.3 is 0 Å². The molecule has 0 amide bonds. The zero-order chi connectivity index (χ0) is 35.5. The first-order valence-corrected chi connectivity index (χ1v) is 18.8. The largest absolute Gasteiger partial charge is 0.456 e. The van der Waals surface area contributed by atoms with Crippen LogP contribution >= 0.6 is 0 Å². The van der Waals surface area contributed by atoms with Crippen LogP contribution in [0.1, 0.15) is 27.8 Å². The predicted molar refractivity (Wildman–Crippen MR) is 224 cm³/mol. The van der Waals surface area contributed by atoms with Crippen molar-refractivity contribution in [3.8, 4) is 22.3 Å². The number of benzene rings is 9. The van der Waals surface area contributed by atoms with Crippen LogP contribution < -0.4 is 4.90 Å². The van der Waals surface area contributed by atoms with E-state index in [1.807, 2.05) is 12.1 Å². The summed E-state index contributed by atoms with van der Waals surface area (Å²) in [5.41, 5.74) is 16.8. The summed E-state index contributed by atoms with van der Waals surface area (Å²) in [7, 11) is 0. The number of hydrogen-bond donors (Lipinski definition) is 0. The summed E-state index contributed by atoms with van der Waals surface area (Å²) in [6.45, 7) is 2.15. The van der Waals surface area contributed by atoms with Crippen molar-refractivity contribution in [2.24, 2.45) is 0 Å². The van der Waals surface area contributed by atoms with Crippen molar-refractivity contribution in [3.63, 3.8) is 0 Å². The summed E-state index contributed by atoms with van der Waals surface area (Å²) in [6, 6.07) is 66.8. The van der Waals surface area contributed by atoms with E-state index in [1.54, 1.807) is 0 Å². The van der Waals surface area contributed by atoms with Gasteiger partial charge in [-0.1, -0.05) is 139 Å². The molecule has 0 saturated heterocycles. The zero-order valence-electron chi connectivity index (χ0n) is 29.7. The second kappa shape index (κ2) is 10.8. The number of furan rings is 1. The monoisotopic (exact) mass is 687 g/mol. The summed E-state index contributed by atoms with van der Waals surface area (Å²) >= 11 is 0. The smallest absolute Gasteiger partial charge is 0.135 e. The molecule has 0 saturated carbocycles. The van der Waals surface area contributed by atoms with Crippen LogP contribution in [-0.2, 0) is 5.41 Å². The zero-order valence-corrected chi connectivity index (χ0v) is 29.7. The lowest BCUT2D eigenvalue weighted by Crippen LogP contribution is -2.43. The maximum absolute atomic E-state index is 6.13. The first-order chi connectivity index (χ1) is 26.7. The normalized spacial score (nSPS) is 13.4. The molecule has 0 bridgehead atoms. The fraction of sp³-hybridized carbons (Fsp3) is 0.0385. The van der Waals surface area contributed by atoms with E-state index in [2.05, 4.69) is 182 Å². The van der Waals surface area contributed by atoms with Crippen LogP contribution in [0.3, 0.4) is 0 Å². The Bertz CT molecular complexity index is 3120. The number of aryl methyl sites for hydroxylation is 1. The van der Waals surface area contributed by atoms with Crippen LogP contribution in [0.5, 0.6) is 0 Å². The molecule has 1 aromatic heterocycles. The van der Waals surface area contributed by atoms with Gasteiger partial charge in [0.05, 0.1) is 11.1 Å². The highest BCUT2D eigenvalue weighted by molar-refractivity contribution is 6.14. The topological polar surface area (TPSA) is 16.4 Å². The molecule has 0 fully saturated rings.